The molecule has 0 spiro atoms. The van der Waals surface area contributed by atoms with Crippen LogP contribution in [0.3, 0.4) is 0 Å². The standard InChI is InChI=1S/C13H10Cl2N4O2/c14-7-1-2-9(12(16)19-21)11(5-7)18-13(20)8-3-4-17-6-10(8)15/h1-6,21H,(H2,16,19)(H,18,20). The van der Waals surface area contributed by atoms with Crippen molar-refractivity contribution < 1.29 is 10.0 Å². The van der Waals surface area contributed by atoms with Gasteiger partial charge in [0.15, 0.2) is 5.84 Å². The van der Waals surface area contributed by atoms with E-state index in [0.29, 0.717) is 16.3 Å². The third kappa shape index (κ3) is 3.42. The van der Waals surface area contributed by atoms with E-state index in [2.05, 4.69) is 15.5 Å². The Morgan fingerprint density at radius 1 is 1.29 bits per heavy atom. The fourth-order valence-electron chi connectivity index (χ4n) is 1.65. The lowest BCUT2D eigenvalue weighted by atomic mass is 10.1. The van der Waals surface area contributed by atoms with E-state index < -0.39 is 5.91 Å². The Bertz CT molecular complexity index is 719. The van der Waals surface area contributed by atoms with Crippen LogP contribution in [-0.4, -0.2) is 21.9 Å². The number of pyridine rings is 1. The van der Waals surface area contributed by atoms with Crippen molar-refractivity contribution in [3.63, 3.8) is 0 Å². The number of anilines is 1. The van der Waals surface area contributed by atoms with E-state index in [1.54, 1.807) is 6.07 Å². The maximum atomic E-state index is 12.2. The van der Waals surface area contributed by atoms with Crippen molar-refractivity contribution in [2.75, 3.05) is 5.32 Å². The monoisotopic (exact) mass is 324 g/mol. The normalized spacial score (nSPS) is 11.2. The number of hydrogen-bond donors (Lipinski definition) is 3. The van der Waals surface area contributed by atoms with Gasteiger partial charge in [-0.3, -0.25) is 9.78 Å². The molecule has 1 amide bonds. The predicted molar refractivity (Wildman–Crippen MR) is 81.2 cm³/mol. The third-order valence-electron chi connectivity index (χ3n) is 2.63. The number of nitrogens with zero attached hydrogens (tertiary/aromatic N) is 2. The highest BCUT2D eigenvalue weighted by molar-refractivity contribution is 6.34. The first-order valence-corrected chi connectivity index (χ1v) is 6.47. The minimum Gasteiger partial charge on any atom is -0.409 e. The van der Waals surface area contributed by atoms with Gasteiger partial charge in [0.05, 0.1) is 16.3 Å². The molecule has 0 saturated heterocycles. The van der Waals surface area contributed by atoms with E-state index in [4.69, 9.17) is 34.1 Å². The van der Waals surface area contributed by atoms with Crippen LogP contribution in [-0.2, 0) is 0 Å². The van der Waals surface area contributed by atoms with E-state index in [9.17, 15) is 4.79 Å². The first-order chi connectivity index (χ1) is 10.0. The summed E-state index contributed by atoms with van der Waals surface area (Å²) in [5.74, 6) is -0.612. The van der Waals surface area contributed by atoms with Crippen molar-refractivity contribution in [1.29, 1.82) is 0 Å². The number of carbonyl (C=O) groups excluding carboxylic acids is 1. The van der Waals surface area contributed by atoms with Crippen molar-refractivity contribution in [1.82, 2.24) is 4.98 Å². The number of aromatic nitrogens is 1. The van der Waals surface area contributed by atoms with Gasteiger partial charge in [-0.2, -0.15) is 0 Å². The lowest BCUT2D eigenvalue weighted by Crippen LogP contribution is -2.19. The van der Waals surface area contributed by atoms with Gasteiger partial charge in [0, 0.05) is 23.0 Å². The Kier molecular flexibility index (Phi) is 4.62. The van der Waals surface area contributed by atoms with Crippen LogP contribution in [0.4, 0.5) is 5.69 Å². The van der Waals surface area contributed by atoms with Crippen molar-refractivity contribution in [3.05, 3.63) is 57.8 Å². The second-order valence-corrected chi connectivity index (χ2v) is 4.83. The molecule has 6 nitrogen and oxygen atoms in total. The highest BCUT2D eigenvalue weighted by atomic mass is 35.5. The van der Waals surface area contributed by atoms with E-state index in [1.807, 2.05) is 0 Å². The number of halogens is 2. The van der Waals surface area contributed by atoms with Crippen LogP contribution in [0.2, 0.25) is 10.0 Å². The van der Waals surface area contributed by atoms with Gasteiger partial charge in [-0.1, -0.05) is 28.4 Å². The summed E-state index contributed by atoms with van der Waals surface area (Å²) in [5.41, 5.74) is 6.44. The summed E-state index contributed by atoms with van der Waals surface area (Å²) in [5, 5.41) is 14.9. The number of oxime groups is 1. The van der Waals surface area contributed by atoms with Gasteiger partial charge in [-0.15, -0.1) is 0 Å². The van der Waals surface area contributed by atoms with Crippen LogP contribution in [0, 0.1) is 0 Å². The van der Waals surface area contributed by atoms with Crippen LogP contribution >= 0.6 is 23.2 Å². The minimum atomic E-state index is -0.461. The van der Waals surface area contributed by atoms with Crippen molar-refractivity contribution in [3.8, 4) is 0 Å². The molecule has 2 rings (SSSR count). The second kappa shape index (κ2) is 6.43. The van der Waals surface area contributed by atoms with Crippen LogP contribution in [0.25, 0.3) is 0 Å². The van der Waals surface area contributed by atoms with Crippen molar-refractivity contribution >= 4 is 40.6 Å². The van der Waals surface area contributed by atoms with Gasteiger partial charge >= 0.3 is 0 Å². The summed E-state index contributed by atoms with van der Waals surface area (Å²) < 4.78 is 0. The molecule has 4 N–H and O–H groups in total. The number of amides is 1. The summed E-state index contributed by atoms with van der Waals surface area (Å²) in [7, 11) is 0. The third-order valence-corrected chi connectivity index (χ3v) is 3.17. The molecule has 0 fully saturated rings. The molecule has 8 heteroatoms. The number of carbonyl (C=O) groups is 1. The molecule has 21 heavy (non-hydrogen) atoms. The number of benzene rings is 1. The van der Waals surface area contributed by atoms with Gasteiger partial charge in [0.25, 0.3) is 5.91 Å². The Morgan fingerprint density at radius 2 is 2.05 bits per heavy atom. The van der Waals surface area contributed by atoms with Gasteiger partial charge in [0.2, 0.25) is 0 Å². The van der Waals surface area contributed by atoms with E-state index in [-0.39, 0.29) is 16.4 Å². The Hall–Kier alpha value is -2.31. The zero-order valence-corrected chi connectivity index (χ0v) is 12.1. The summed E-state index contributed by atoms with van der Waals surface area (Å²) in [6, 6.07) is 6.05. The number of nitrogens with one attached hydrogen (secondary N) is 1. The fraction of sp³-hybridized carbons (Fsp3) is 0. The molecule has 2 aromatic rings. The molecule has 0 radical (unpaired) electrons. The van der Waals surface area contributed by atoms with Gasteiger partial charge in [-0.25, -0.2) is 0 Å². The molecule has 0 saturated carbocycles. The van der Waals surface area contributed by atoms with Crippen LogP contribution in [0.15, 0.2) is 41.8 Å². The number of amidine groups is 1. The van der Waals surface area contributed by atoms with Crippen LogP contribution in [0.1, 0.15) is 15.9 Å². The Labute approximate surface area is 130 Å². The van der Waals surface area contributed by atoms with Crippen LogP contribution < -0.4 is 11.1 Å². The van der Waals surface area contributed by atoms with Crippen molar-refractivity contribution in [2.24, 2.45) is 10.9 Å². The molecule has 0 aliphatic heterocycles. The molecule has 108 valence electrons. The molecule has 1 heterocycles. The lowest BCUT2D eigenvalue weighted by molar-refractivity contribution is 0.102. The molecule has 0 aliphatic carbocycles. The van der Waals surface area contributed by atoms with E-state index in [1.165, 1.54) is 30.6 Å². The van der Waals surface area contributed by atoms with E-state index in [0.717, 1.165) is 0 Å². The largest absolute Gasteiger partial charge is 0.409 e. The number of hydrogen-bond acceptors (Lipinski definition) is 4. The quantitative estimate of drug-likeness (QED) is 0.349. The molecule has 0 aliphatic rings. The first kappa shape index (κ1) is 15.1. The highest BCUT2D eigenvalue weighted by Gasteiger charge is 2.14. The molecule has 0 bridgehead atoms. The molecule has 1 aromatic heterocycles. The van der Waals surface area contributed by atoms with Gasteiger partial charge in [-0.05, 0) is 24.3 Å². The average Bonchev–Trinajstić information content (AvgIpc) is 2.47. The molecule has 1 aromatic carbocycles. The zero-order chi connectivity index (χ0) is 15.4. The fourth-order valence-corrected chi connectivity index (χ4v) is 2.02. The average molecular weight is 325 g/mol. The van der Waals surface area contributed by atoms with E-state index >= 15 is 0 Å². The summed E-state index contributed by atoms with van der Waals surface area (Å²) in [6.07, 6.45) is 2.81. The second-order valence-electron chi connectivity index (χ2n) is 3.98. The smallest absolute Gasteiger partial charge is 0.257 e. The predicted octanol–water partition coefficient (Wildman–Crippen LogP) is 2.74. The molecule has 0 unspecified atom stereocenters. The van der Waals surface area contributed by atoms with Gasteiger partial charge in [0.1, 0.15) is 0 Å². The minimum absolute atomic E-state index is 0.150. The maximum Gasteiger partial charge on any atom is 0.257 e. The first-order valence-electron chi connectivity index (χ1n) is 5.71. The van der Waals surface area contributed by atoms with Crippen molar-refractivity contribution in [2.45, 2.75) is 0 Å². The lowest BCUT2D eigenvalue weighted by Gasteiger charge is -2.11. The van der Waals surface area contributed by atoms with Gasteiger partial charge < -0.3 is 16.3 Å². The van der Waals surface area contributed by atoms with Crippen LogP contribution in [0.5, 0.6) is 0 Å². The Morgan fingerprint density at radius 3 is 2.71 bits per heavy atom. The number of nitrogens with two attached hydrogens (primary N) is 1. The zero-order valence-electron chi connectivity index (χ0n) is 10.5. The summed E-state index contributed by atoms with van der Waals surface area (Å²) in [4.78, 5) is 16.0. The summed E-state index contributed by atoms with van der Waals surface area (Å²) >= 11 is 11.8. The molecular weight excluding hydrogens is 315 g/mol. The SMILES string of the molecule is NC(=NO)c1ccc(Cl)cc1NC(=O)c1ccncc1Cl. The maximum absolute atomic E-state index is 12.2. The molecular formula is C13H10Cl2N4O2. The highest BCUT2D eigenvalue weighted by Crippen LogP contribution is 2.23. The molecule has 0 atom stereocenters. The topological polar surface area (TPSA) is 101 Å². The number of rotatable bonds is 3. The summed E-state index contributed by atoms with van der Waals surface area (Å²) in [6.45, 7) is 0. The Balaban J connectivity index is 2.37.